The summed E-state index contributed by atoms with van der Waals surface area (Å²) in [6.07, 6.45) is 2.33. The number of carboxylic acid groups (broad SMARTS) is 1. The maximum Gasteiger partial charge on any atom is 0.303 e. The van der Waals surface area contributed by atoms with Crippen LogP contribution in [-0.2, 0) is 9.59 Å². The highest BCUT2D eigenvalue weighted by Crippen LogP contribution is 2.22. The van der Waals surface area contributed by atoms with Crippen molar-refractivity contribution in [2.75, 3.05) is 19.6 Å². The molecule has 0 spiro atoms. The molecular formula is C13H24N2O3. The smallest absolute Gasteiger partial charge is 0.303 e. The van der Waals surface area contributed by atoms with E-state index in [0.29, 0.717) is 31.3 Å². The predicted molar refractivity (Wildman–Crippen MR) is 69.3 cm³/mol. The molecule has 0 aromatic carbocycles. The molecule has 1 heterocycles. The summed E-state index contributed by atoms with van der Waals surface area (Å²) < 4.78 is 0. The zero-order valence-electron chi connectivity index (χ0n) is 11.3. The van der Waals surface area contributed by atoms with Crippen molar-refractivity contribution in [3.05, 3.63) is 0 Å². The molecule has 18 heavy (non-hydrogen) atoms. The van der Waals surface area contributed by atoms with E-state index in [-0.39, 0.29) is 12.3 Å². The third-order valence-electron chi connectivity index (χ3n) is 3.45. The van der Waals surface area contributed by atoms with Crippen molar-refractivity contribution in [3.8, 4) is 0 Å². The molecule has 2 atom stereocenters. The van der Waals surface area contributed by atoms with Crippen molar-refractivity contribution in [2.45, 2.75) is 45.6 Å². The Morgan fingerprint density at radius 2 is 2.06 bits per heavy atom. The molecule has 0 aromatic heterocycles. The normalized spacial score (nSPS) is 24.0. The van der Waals surface area contributed by atoms with Crippen LogP contribution in [0.25, 0.3) is 0 Å². The summed E-state index contributed by atoms with van der Waals surface area (Å²) in [6.45, 7) is 6.26. The molecule has 5 nitrogen and oxygen atoms in total. The fourth-order valence-corrected chi connectivity index (χ4v) is 2.60. The molecular weight excluding hydrogens is 232 g/mol. The molecule has 1 aliphatic heterocycles. The van der Waals surface area contributed by atoms with E-state index in [4.69, 9.17) is 5.11 Å². The van der Waals surface area contributed by atoms with Crippen LogP contribution in [0.4, 0.5) is 0 Å². The van der Waals surface area contributed by atoms with Crippen molar-refractivity contribution in [3.63, 3.8) is 0 Å². The van der Waals surface area contributed by atoms with Crippen molar-refractivity contribution < 1.29 is 14.7 Å². The van der Waals surface area contributed by atoms with Gasteiger partial charge in [-0.25, -0.2) is 0 Å². The average molecular weight is 256 g/mol. The molecule has 0 radical (unpaired) electrons. The Balaban J connectivity index is 2.56. The quantitative estimate of drug-likeness (QED) is 0.746. The lowest BCUT2D eigenvalue weighted by Crippen LogP contribution is -2.51. The minimum absolute atomic E-state index is 0.165. The van der Waals surface area contributed by atoms with Gasteiger partial charge >= 0.3 is 5.97 Å². The highest BCUT2D eigenvalue weighted by Gasteiger charge is 2.28. The minimum Gasteiger partial charge on any atom is -0.481 e. The molecule has 0 aromatic rings. The number of carboxylic acids is 1. The van der Waals surface area contributed by atoms with E-state index in [1.165, 1.54) is 0 Å². The van der Waals surface area contributed by atoms with Gasteiger partial charge in [-0.2, -0.15) is 0 Å². The molecule has 104 valence electrons. The third kappa shape index (κ3) is 4.64. The first-order valence-corrected chi connectivity index (χ1v) is 6.79. The van der Waals surface area contributed by atoms with Crippen LogP contribution in [0.1, 0.15) is 39.5 Å². The average Bonchev–Trinajstić information content (AvgIpc) is 2.35. The first kappa shape index (κ1) is 15.0. The van der Waals surface area contributed by atoms with E-state index in [2.05, 4.69) is 5.32 Å². The summed E-state index contributed by atoms with van der Waals surface area (Å²) in [5, 5.41) is 12.1. The first-order valence-electron chi connectivity index (χ1n) is 6.79. The molecule has 1 amide bonds. The van der Waals surface area contributed by atoms with Crippen molar-refractivity contribution in [1.82, 2.24) is 10.2 Å². The molecule has 5 heteroatoms. The Hall–Kier alpha value is -1.10. The number of carbonyl (C=O) groups excluding carboxylic acids is 1. The number of rotatable bonds is 6. The van der Waals surface area contributed by atoms with E-state index in [0.717, 1.165) is 19.5 Å². The number of likely N-dealkylation sites (N-methyl/N-ethyl adjacent to an activating group) is 1. The third-order valence-corrected chi connectivity index (χ3v) is 3.45. The van der Waals surface area contributed by atoms with Crippen LogP contribution in [0.15, 0.2) is 0 Å². The van der Waals surface area contributed by atoms with E-state index in [9.17, 15) is 9.59 Å². The Bertz CT molecular complexity index is 294. The molecule has 2 unspecified atom stereocenters. The maximum absolute atomic E-state index is 11.8. The molecule has 1 saturated heterocycles. The molecule has 2 N–H and O–H groups in total. The number of hydrogen-bond donors (Lipinski definition) is 2. The Labute approximate surface area is 109 Å². The van der Waals surface area contributed by atoms with Crippen LogP contribution in [0, 0.1) is 5.92 Å². The summed E-state index contributed by atoms with van der Waals surface area (Å²) >= 11 is 0. The lowest BCUT2D eigenvalue weighted by atomic mass is 9.90. The van der Waals surface area contributed by atoms with Crippen molar-refractivity contribution in [2.24, 2.45) is 5.92 Å². The first-order chi connectivity index (χ1) is 8.56. The highest BCUT2D eigenvalue weighted by molar-refractivity contribution is 5.76. The Morgan fingerprint density at radius 3 is 2.61 bits per heavy atom. The number of carbonyl (C=O) groups is 2. The van der Waals surface area contributed by atoms with E-state index >= 15 is 0 Å². The van der Waals surface area contributed by atoms with Gasteiger partial charge in [-0.3, -0.25) is 9.59 Å². The number of nitrogens with zero attached hydrogens (tertiary/aromatic N) is 1. The summed E-state index contributed by atoms with van der Waals surface area (Å²) in [7, 11) is 0. The molecule has 1 rings (SSSR count). The monoisotopic (exact) mass is 256 g/mol. The zero-order chi connectivity index (χ0) is 13.5. The zero-order valence-corrected chi connectivity index (χ0v) is 11.3. The highest BCUT2D eigenvalue weighted by atomic mass is 16.4. The summed E-state index contributed by atoms with van der Waals surface area (Å²) in [5.41, 5.74) is 0. The number of nitrogens with one attached hydrogen (secondary N) is 1. The summed E-state index contributed by atoms with van der Waals surface area (Å²) in [5.74, 6) is -0.290. The SMILES string of the molecule is CCNC1CC(CCC(=O)O)CN(C(=O)CC)C1. The van der Waals surface area contributed by atoms with Crippen LogP contribution >= 0.6 is 0 Å². The lowest BCUT2D eigenvalue weighted by molar-refractivity contribution is -0.137. The molecule has 0 bridgehead atoms. The standard InChI is InChI=1S/C13H24N2O3/c1-3-12(16)15-8-10(5-6-13(17)18)7-11(9-15)14-4-2/h10-11,14H,3-9H2,1-2H3,(H,17,18). The number of hydrogen-bond acceptors (Lipinski definition) is 3. The second-order valence-electron chi connectivity index (χ2n) is 4.94. The summed E-state index contributed by atoms with van der Waals surface area (Å²) in [4.78, 5) is 24.3. The fourth-order valence-electron chi connectivity index (χ4n) is 2.60. The van der Waals surface area contributed by atoms with Crippen LogP contribution in [0.3, 0.4) is 0 Å². The van der Waals surface area contributed by atoms with Crippen LogP contribution in [-0.4, -0.2) is 47.6 Å². The van der Waals surface area contributed by atoms with Crippen LogP contribution in [0.2, 0.25) is 0 Å². The van der Waals surface area contributed by atoms with Gasteiger partial charge in [0, 0.05) is 32.0 Å². The lowest BCUT2D eigenvalue weighted by Gasteiger charge is -2.38. The fraction of sp³-hybridized carbons (Fsp3) is 0.846. The molecule has 0 aliphatic carbocycles. The maximum atomic E-state index is 11.8. The van der Waals surface area contributed by atoms with Crippen LogP contribution < -0.4 is 5.32 Å². The van der Waals surface area contributed by atoms with Gasteiger partial charge in [-0.05, 0) is 25.3 Å². The summed E-state index contributed by atoms with van der Waals surface area (Å²) in [6, 6.07) is 0.304. The second kappa shape index (κ2) is 7.36. The largest absolute Gasteiger partial charge is 0.481 e. The predicted octanol–water partition coefficient (Wildman–Crippen LogP) is 1.09. The number of piperidine rings is 1. The van der Waals surface area contributed by atoms with Crippen molar-refractivity contribution >= 4 is 11.9 Å². The molecule has 0 saturated carbocycles. The van der Waals surface area contributed by atoms with Gasteiger partial charge in [0.2, 0.25) is 5.91 Å². The Kier molecular flexibility index (Phi) is 6.12. The van der Waals surface area contributed by atoms with Crippen LogP contribution in [0.5, 0.6) is 0 Å². The van der Waals surface area contributed by atoms with Gasteiger partial charge in [0.05, 0.1) is 0 Å². The minimum atomic E-state index is -0.756. The van der Waals surface area contributed by atoms with Gasteiger partial charge in [0.1, 0.15) is 0 Å². The van der Waals surface area contributed by atoms with E-state index in [1.807, 2.05) is 18.7 Å². The number of likely N-dealkylation sites (tertiary alicyclic amines) is 1. The van der Waals surface area contributed by atoms with Crippen molar-refractivity contribution in [1.29, 1.82) is 0 Å². The second-order valence-corrected chi connectivity index (χ2v) is 4.94. The van der Waals surface area contributed by atoms with Gasteiger partial charge in [0.15, 0.2) is 0 Å². The molecule has 1 aliphatic rings. The number of amides is 1. The van der Waals surface area contributed by atoms with Gasteiger partial charge in [-0.15, -0.1) is 0 Å². The van der Waals surface area contributed by atoms with E-state index < -0.39 is 5.97 Å². The van der Waals surface area contributed by atoms with Gasteiger partial charge in [0.25, 0.3) is 0 Å². The molecule has 1 fully saturated rings. The van der Waals surface area contributed by atoms with Gasteiger partial charge in [-0.1, -0.05) is 13.8 Å². The van der Waals surface area contributed by atoms with Gasteiger partial charge < -0.3 is 15.3 Å². The topological polar surface area (TPSA) is 69.6 Å². The number of aliphatic carboxylic acids is 1. The van der Waals surface area contributed by atoms with E-state index in [1.54, 1.807) is 0 Å². The Morgan fingerprint density at radius 1 is 1.33 bits per heavy atom.